The quantitative estimate of drug-likeness (QED) is 0.809. The highest BCUT2D eigenvalue weighted by atomic mass is 35.5. The molecule has 0 unspecified atom stereocenters. The van der Waals surface area contributed by atoms with Crippen LogP contribution in [0.2, 0.25) is 5.02 Å². The fourth-order valence-corrected chi connectivity index (χ4v) is 2.43. The van der Waals surface area contributed by atoms with Crippen molar-refractivity contribution in [3.8, 4) is 17.2 Å². The van der Waals surface area contributed by atoms with Gasteiger partial charge in [0.2, 0.25) is 5.75 Å². The number of hydrogen-bond donors (Lipinski definition) is 1. The zero-order valence-electron chi connectivity index (χ0n) is 14.0. The van der Waals surface area contributed by atoms with E-state index in [0.29, 0.717) is 5.75 Å². The average Bonchev–Trinajstić information content (AvgIpc) is 2.60. The molecule has 0 radical (unpaired) electrons. The van der Waals surface area contributed by atoms with Crippen molar-refractivity contribution in [1.29, 1.82) is 0 Å². The molecule has 1 N–H and O–H groups in total. The number of anilines is 1. The monoisotopic (exact) mass is 389 g/mol. The predicted octanol–water partition coefficient (Wildman–Crippen LogP) is 4.64. The van der Waals surface area contributed by atoms with Gasteiger partial charge >= 0.3 is 6.18 Å². The van der Waals surface area contributed by atoms with Gasteiger partial charge in [-0.1, -0.05) is 11.6 Å². The maximum absolute atomic E-state index is 12.7. The van der Waals surface area contributed by atoms with E-state index in [-0.39, 0.29) is 27.8 Å². The Hall–Kier alpha value is -2.61. The minimum absolute atomic E-state index is 0.0402. The second-order valence-electron chi connectivity index (χ2n) is 5.06. The number of benzene rings is 2. The van der Waals surface area contributed by atoms with Gasteiger partial charge in [-0.15, -0.1) is 0 Å². The van der Waals surface area contributed by atoms with Gasteiger partial charge in [-0.3, -0.25) is 4.79 Å². The average molecular weight is 390 g/mol. The zero-order chi connectivity index (χ0) is 19.5. The number of nitrogens with one attached hydrogen (secondary N) is 1. The Morgan fingerprint density at radius 1 is 1.00 bits per heavy atom. The molecule has 1 amide bonds. The second kappa shape index (κ2) is 7.74. The minimum Gasteiger partial charge on any atom is -0.493 e. The molecule has 0 aromatic heterocycles. The Morgan fingerprint density at radius 2 is 1.58 bits per heavy atom. The molecule has 0 bridgehead atoms. The molecule has 9 heteroatoms. The summed E-state index contributed by atoms with van der Waals surface area (Å²) in [5.74, 6) is 0.219. The van der Waals surface area contributed by atoms with Crippen molar-refractivity contribution < 1.29 is 32.2 Å². The van der Waals surface area contributed by atoms with E-state index in [9.17, 15) is 18.0 Å². The molecule has 0 aliphatic carbocycles. The van der Waals surface area contributed by atoms with E-state index in [1.54, 1.807) is 0 Å². The van der Waals surface area contributed by atoms with Crippen LogP contribution in [0, 0.1) is 0 Å². The highest BCUT2D eigenvalue weighted by molar-refractivity contribution is 6.34. The first-order valence-electron chi connectivity index (χ1n) is 7.19. The molecule has 26 heavy (non-hydrogen) atoms. The van der Waals surface area contributed by atoms with Crippen molar-refractivity contribution in [2.45, 2.75) is 6.18 Å². The maximum Gasteiger partial charge on any atom is 0.416 e. The summed E-state index contributed by atoms with van der Waals surface area (Å²) in [6.45, 7) is 0. The lowest BCUT2D eigenvalue weighted by Gasteiger charge is -2.15. The molecule has 0 fully saturated rings. The number of halogens is 4. The Bertz CT molecular complexity index is 799. The molecule has 2 rings (SSSR count). The molecular formula is C17H15ClF3NO4. The van der Waals surface area contributed by atoms with Crippen LogP contribution in [-0.4, -0.2) is 27.2 Å². The summed E-state index contributed by atoms with van der Waals surface area (Å²) >= 11 is 5.85. The van der Waals surface area contributed by atoms with Gasteiger partial charge in [0.15, 0.2) is 11.5 Å². The summed E-state index contributed by atoms with van der Waals surface area (Å²) in [5.41, 5.74) is -0.720. The lowest BCUT2D eigenvalue weighted by Crippen LogP contribution is -2.13. The number of rotatable bonds is 5. The number of carbonyl (C=O) groups is 1. The summed E-state index contributed by atoms with van der Waals surface area (Å²) in [4.78, 5) is 12.4. The highest BCUT2D eigenvalue weighted by Gasteiger charge is 2.31. The van der Waals surface area contributed by atoms with Crippen molar-refractivity contribution in [2.75, 3.05) is 26.6 Å². The normalized spacial score (nSPS) is 11.0. The van der Waals surface area contributed by atoms with Crippen molar-refractivity contribution in [1.82, 2.24) is 0 Å². The SMILES string of the molecule is COc1cc(C(=O)Nc2ccc(C(F)(F)F)cc2Cl)cc(OC)c1OC. The molecule has 140 valence electrons. The Balaban J connectivity index is 2.33. The third-order valence-electron chi connectivity index (χ3n) is 3.47. The van der Waals surface area contributed by atoms with Gasteiger partial charge in [-0.05, 0) is 30.3 Å². The molecule has 0 heterocycles. The lowest BCUT2D eigenvalue weighted by molar-refractivity contribution is -0.137. The third-order valence-corrected chi connectivity index (χ3v) is 3.78. The molecule has 0 aliphatic rings. The van der Waals surface area contributed by atoms with Crippen LogP contribution < -0.4 is 19.5 Å². The lowest BCUT2D eigenvalue weighted by atomic mass is 10.1. The summed E-state index contributed by atoms with van der Waals surface area (Å²) < 4.78 is 53.5. The Labute approximate surface area is 152 Å². The van der Waals surface area contributed by atoms with Crippen LogP contribution in [0.4, 0.5) is 18.9 Å². The van der Waals surface area contributed by atoms with Gasteiger partial charge in [0.1, 0.15) is 0 Å². The van der Waals surface area contributed by atoms with Crippen LogP contribution in [0.1, 0.15) is 15.9 Å². The number of ether oxygens (including phenoxy) is 3. The number of hydrogen-bond acceptors (Lipinski definition) is 4. The van der Waals surface area contributed by atoms with Crippen LogP contribution in [-0.2, 0) is 6.18 Å². The van der Waals surface area contributed by atoms with Crippen LogP contribution >= 0.6 is 11.6 Å². The van der Waals surface area contributed by atoms with Crippen molar-refractivity contribution in [2.24, 2.45) is 0 Å². The molecule has 0 aliphatic heterocycles. The predicted molar refractivity (Wildman–Crippen MR) is 90.5 cm³/mol. The first-order valence-corrected chi connectivity index (χ1v) is 7.57. The van der Waals surface area contributed by atoms with Crippen LogP contribution in [0.5, 0.6) is 17.2 Å². The number of amides is 1. The molecule has 0 atom stereocenters. The van der Waals surface area contributed by atoms with Gasteiger partial charge in [0.05, 0.1) is 37.6 Å². The minimum atomic E-state index is -4.52. The Kier molecular flexibility index (Phi) is 5.86. The van der Waals surface area contributed by atoms with Crippen LogP contribution in [0.15, 0.2) is 30.3 Å². The number of carbonyl (C=O) groups excluding carboxylic acids is 1. The van der Waals surface area contributed by atoms with Gasteiger partial charge < -0.3 is 19.5 Å². The summed E-state index contributed by atoms with van der Waals surface area (Å²) in [7, 11) is 4.21. The highest BCUT2D eigenvalue weighted by Crippen LogP contribution is 2.39. The maximum atomic E-state index is 12.7. The van der Waals surface area contributed by atoms with Gasteiger partial charge in [0.25, 0.3) is 5.91 Å². The van der Waals surface area contributed by atoms with Crippen molar-refractivity contribution in [3.05, 3.63) is 46.5 Å². The van der Waals surface area contributed by atoms with Crippen LogP contribution in [0.25, 0.3) is 0 Å². The van der Waals surface area contributed by atoms with Gasteiger partial charge in [0, 0.05) is 5.56 Å². The van der Waals surface area contributed by atoms with Crippen LogP contribution in [0.3, 0.4) is 0 Å². The first kappa shape index (κ1) is 19.7. The molecule has 2 aromatic carbocycles. The van der Waals surface area contributed by atoms with Crippen molar-refractivity contribution >= 4 is 23.2 Å². The smallest absolute Gasteiger partial charge is 0.416 e. The Morgan fingerprint density at radius 3 is 2.00 bits per heavy atom. The molecular weight excluding hydrogens is 375 g/mol. The first-order chi connectivity index (χ1) is 12.2. The number of alkyl halides is 3. The largest absolute Gasteiger partial charge is 0.493 e. The summed E-state index contributed by atoms with van der Waals surface area (Å²) in [6, 6.07) is 5.48. The van der Waals surface area contributed by atoms with Crippen molar-refractivity contribution in [3.63, 3.8) is 0 Å². The fraction of sp³-hybridized carbons (Fsp3) is 0.235. The van der Waals surface area contributed by atoms with E-state index < -0.39 is 17.6 Å². The van der Waals surface area contributed by atoms with E-state index in [1.807, 2.05) is 0 Å². The zero-order valence-corrected chi connectivity index (χ0v) is 14.8. The topological polar surface area (TPSA) is 56.8 Å². The summed E-state index contributed by atoms with van der Waals surface area (Å²) in [6.07, 6.45) is -4.52. The molecule has 0 saturated carbocycles. The molecule has 2 aromatic rings. The van der Waals surface area contributed by atoms with E-state index in [0.717, 1.165) is 18.2 Å². The second-order valence-corrected chi connectivity index (χ2v) is 5.47. The van der Waals surface area contributed by atoms with Gasteiger partial charge in [-0.2, -0.15) is 13.2 Å². The molecule has 5 nitrogen and oxygen atoms in total. The third kappa shape index (κ3) is 4.13. The fourth-order valence-electron chi connectivity index (χ4n) is 2.20. The van der Waals surface area contributed by atoms with E-state index in [2.05, 4.69) is 5.32 Å². The molecule has 0 spiro atoms. The van der Waals surface area contributed by atoms with Gasteiger partial charge in [-0.25, -0.2) is 0 Å². The summed E-state index contributed by atoms with van der Waals surface area (Å²) in [5, 5.41) is 2.22. The standard InChI is InChI=1S/C17H15ClF3NO4/c1-24-13-6-9(7-14(25-2)15(13)26-3)16(23)22-12-5-4-10(8-11(12)18)17(19,20)21/h4-8H,1-3H3,(H,22,23). The molecule has 0 saturated heterocycles. The number of methoxy groups -OCH3 is 3. The van der Waals surface area contributed by atoms with E-state index in [4.69, 9.17) is 25.8 Å². The van der Waals surface area contributed by atoms with E-state index in [1.165, 1.54) is 33.5 Å². The van der Waals surface area contributed by atoms with E-state index >= 15 is 0 Å².